The van der Waals surface area contributed by atoms with E-state index < -0.39 is 0 Å². The number of aromatic nitrogens is 4. The van der Waals surface area contributed by atoms with E-state index >= 15 is 0 Å². The Morgan fingerprint density at radius 3 is 2.65 bits per heavy atom. The normalized spacial score (nSPS) is 25.0. The summed E-state index contributed by atoms with van der Waals surface area (Å²) < 4.78 is 1.63. The Labute approximate surface area is 290 Å². The number of carbonyl (C=O) groups is 1. The lowest BCUT2D eigenvalue weighted by Crippen LogP contribution is -2.58. The summed E-state index contributed by atoms with van der Waals surface area (Å²) in [4.78, 5) is 47.7. The number of hydrogen-bond acceptors (Lipinski definition) is 6. The maximum atomic E-state index is 14.0. The van der Waals surface area contributed by atoms with Gasteiger partial charge in [0, 0.05) is 47.3 Å². The number of aryl methyl sites for hydroxylation is 1. The molecule has 4 fully saturated rings. The number of guanidine groups is 1. The molecule has 4 aromatic rings. The van der Waals surface area contributed by atoms with Crippen molar-refractivity contribution in [2.45, 2.75) is 65.6 Å². The van der Waals surface area contributed by atoms with Gasteiger partial charge in [-0.15, -0.1) is 0 Å². The molecule has 2 aromatic heterocycles. The highest BCUT2D eigenvalue weighted by atomic mass is 35.5. The molecule has 3 saturated carbocycles. The van der Waals surface area contributed by atoms with Crippen molar-refractivity contribution in [1.29, 1.82) is 0 Å². The maximum absolute atomic E-state index is 14.0. The summed E-state index contributed by atoms with van der Waals surface area (Å²) in [5.74, 6) is 2.78. The number of fused-ring (bicyclic) bond motifs is 3. The fourth-order valence-electron chi connectivity index (χ4n) is 7.94. The Kier molecular flexibility index (Phi) is 8.66. The SMILES string of the molecule is C[C@@H]1C(/N=C(/Nc2ccc3c(=O)n(CCc4ccc(Cl)cc4Cl)c(-c4cnccn4)nc3c2)N2CC(=O)N[C@@H](C)C2)C[C@H]2C[C@@H]1C2(C)C. The van der Waals surface area contributed by atoms with E-state index in [4.69, 9.17) is 33.2 Å². The minimum absolute atomic E-state index is 0.0107. The second kappa shape index (κ2) is 12.8. The van der Waals surface area contributed by atoms with E-state index in [9.17, 15) is 9.59 Å². The van der Waals surface area contributed by atoms with E-state index in [-0.39, 0.29) is 30.1 Å². The van der Waals surface area contributed by atoms with Crippen LogP contribution in [0.4, 0.5) is 5.69 Å². The zero-order valence-electron chi connectivity index (χ0n) is 27.6. The van der Waals surface area contributed by atoms with Crippen LogP contribution in [0.3, 0.4) is 0 Å². The first-order chi connectivity index (χ1) is 23.0. The minimum atomic E-state index is -0.189. The fourth-order valence-corrected chi connectivity index (χ4v) is 8.44. The smallest absolute Gasteiger partial charge is 0.261 e. The highest BCUT2D eigenvalue weighted by molar-refractivity contribution is 6.35. The van der Waals surface area contributed by atoms with Crippen LogP contribution in [0.1, 0.15) is 46.1 Å². The van der Waals surface area contributed by atoms with Crippen molar-refractivity contribution in [2.24, 2.45) is 28.2 Å². The Morgan fingerprint density at radius 1 is 1.10 bits per heavy atom. The molecule has 1 unspecified atom stereocenters. The van der Waals surface area contributed by atoms with Crippen LogP contribution in [0.5, 0.6) is 0 Å². The van der Waals surface area contributed by atoms with Gasteiger partial charge in [-0.25, -0.2) is 15.0 Å². The van der Waals surface area contributed by atoms with Gasteiger partial charge in [0.2, 0.25) is 5.91 Å². The number of piperazine rings is 1. The first-order valence-corrected chi connectivity index (χ1v) is 17.4. The van der Waals surface area contributed by atoms with Crippen LogP contribution in [0.2, 0.25) is 10.0 Å². The number of hydrogen-bond donors (Lipinski definition) is 2. The predicted molar refractivity (Wildman–Crippen MR) is 190 cm³/mol. The third-order valence-electron chi connectivity index (χ3n) is 10.8. The Hall–Kier alpha value is -4.02. The van der Waals surface area contributed by atoms with Crippen molar-refractivity contribution in [1.82, 2.24) is 29.7 Å². The van der Waals surface area contributed by atoms with Crippen LogP contribution < -0.4 is 16.2 Å². The Bertz CT molecular complexity index is 1960. The summed E-state index contributed by atoms with van der Waals surface area (Å²) in [5, 5.41) is 8.13. The molecule has 10 nitrogen and oxygen atoms in total. The molecule has 3 aliphatic carbocycles. The van der Waals surface area contributed by atoms with Crippen LogP contribution in [0, 0.1) is 23.2 Å². The Balaban J connectivity index is 1.24. The lowest BCUT2D eigenvalue weighted by atomic mass is 9.45. The molecule has 0 radical (unpaired) electrons. The van der Waals surface area contributed by atoms with E-state index in [2.05, 4.69) is 41.4 Å². The molecule has 2 bridgehead atoms. The molecule has 0 spiro atoms. The summed E-state index contributed by atoms with van der Waals surface area (Å²) in [7, 11) is 0. The highest BCUT2D eigenvalue weighted by Crippen LogP contribution is 2.61. The molecule has 2 N–H and O–H groups in total. The van der Waals surface area contributed by atoms with Crippen molar-refractivity contribution in [3.8, 4) is 11.5 Å². The molecule has 1 saturated heterocycles. The summed E-state index contributed by atoms with van der Waals surface area (Å²) in [5.41, 5.74) is 2.77. The second-order valence-corrected chi connectivity index (χ2v) is 15.0. The number of benzene rings is 2. The maximum Gasteiger partial charge on any atom is 0.261 e. The third-order valence-corrected chi connectivity index (χ3v) is 11.3. The quantitative estimate of drug-likeness (QED) is 0.187. The van der Waals surface area contributed by atoms with E-state index in [1.54, 1.807) is 41.4 Å². The van der Waals surface area contributed by atoms with Gasteiger partial charge >= 0.3 is 0 Å². The summed E-state index contributed by atoms with van der Waals surface area (Å²) in [6.07, 6.45) is 7.57. The van der Waals surface area contributed by atoms with Crippen LogP contribution in [-0.2, 0) is 17.8 Å². The average molecular weight is 688 g/mol. The lowest BCUT2D eigenvalue weighted by molar-refractivity contribution is -0.124. The second-order valence-electron chi connectivity index (χ2n) is 14.1. The molecule has 5 atom stereocenters. The number of carbonyl (C=O) groups excluding carboxylic acids is 1. The Morgan fingerprint density at radius 2 is 1.94 bits per heavy atom. The molecule has 4 aliphatic rings. The summed E-state index contributed by atoms with van der Waals surface area (Å²) in [6, 6.07) is 11.0. The molecule has 1 aliphatic heterocycles. The molecule has 8 rings (SSSR count). The van der Waals surface area contributed by atoms with E-state index in [1.807, 2.05) is 30.0 Å². The van der Waals surface area contributed by atoms with Crippen LogP contribution in [0.25, 0.3) is 22.4 Å². The number of rotatable bonds is 6. The molecule has 12 heteroatoms. The number of halogens is 2. The van der Waals surface area contributed by atoms with Gasteiger partial charge in [0.15, 0.2) is 11.8 Å². The van der Waals surface area contributed by atoms with Gasteiger partial charge in [-0.3, -0.25) is 19.1 Å². The fraction of sp³-hybridized carbons (Fsp3) is 0.444. The lowest BCUT2D eigenvalue weighted by Gasteiger charge is -2.61. The van der Waals surface area contributed by atoms with E-state index in [0.29, 0.717) is 81.1 Å². The van der Waals surface area contributed by atoms with Gasteiger partial charge in [-0.2, -0.15) is 0 Å². The number of nitrogens with one attached hydrogen (secondary N) is 2. The largest absolute Gasteiger partial charge is 0.350 e. The molecule has 1 amide bonds. The molecular weight excluding hydrogens is 647 g/mol. The molecule has 48 heavy (non-hydrogen) atoms. The highest BCUT2D eigenvalue weighted by Gasteiger charge is 2.56. The first kappa shape index (κ1) is 32.5. The number of amides is 1. The van der Waals surface area contributed by atoms with Gasteiger partial charge in [0.05, 0.1) is 29.7 Å². The van der Waals surface area contributed by atoms with Crippen molar-refractivity contribution in [2.75, 3.05) is 18.4 Å². The average Bonchev–Trinajstić information content (AvgIpc) is 3.05. The van der Waals surface area contributed by atoms with Gasteiger partial charge < -0.3 is 15.5 Å². The molecule has 250 valence electrons. The molecular formula is C36H40Cl2N8O2. The van der Waals surface area contributed by atoms with Gasteiger partial charge in [-0.05, 0) is 85.3 Å². The van der Waals surface area contributed by atoms with E-state index in [1.165, 1.54) is 6.42 Å². The van der Waals surface area contributed by atoms with Gasteiger partial charge in [0.1, 0.15) is 5.69 Å². The summed E-state index contributed by atoms with van der Waals surface area (Å²) >= 11 is 12.6. The molecule has 2 aromatic carbocycles. The number of aliphatic imine (C=N–C) groups is 1. The van der Waals surface area contributed by atoms with Crippen LogP contribution >= 0.6 is 23.2 Å². The van der Waals surface area contributed by atoms with Crippen LogP contribution in [-0.4, -0.2) is 61.5 Å². The van der Waals surface area contributed by atoms with E-state index in [0.717, 1.165) is 17.7 Å². The third kappa shape index (κ3) is 6.16. The monoisotopic (exact) mass is 686 g/mol. The predicted octanol–water partition coefficient (Wildman–Crippen LogP) is 6.06. The topological polar surface area (TPSA) is 117 Å². The number of anilines is 1. The zero-order valence-corrected chi connectivity index (χ0v) is 29.1. The standard InChI is InChI=1S/C36H40Cl2N8O2/c1-20-18-45(19-32(47)41-20)35(44-29-14-23-13-27(21(29)2)36(23,3)4)42-25-7-8-26-30(16-25)43-33(31-17-39-10-11-40-31)46(34(26)48)12-9-22-5-6-24(37)15-28(22)38/h5-8,10-11,15-17,20-21,23,27,29H,9,12-14,18-19H2,1-4H3,(H,41,47)(H,42,44)/t20-,21-,23+,27-,29?/m0/s1. The summed E-state index contributed by atoms with van der Waals surface area (Å²) in [6.45, 7) is 10.3. The van der Waals surface area contributed by atoms with Crippen molar-refractivity contribution >= 4 is 51.7 Å². The van der Waals surface area contributed by atoms with Crippen molar-refractivity contribution < 1.29 is 4.79 Å². The zero-order chi connectivity index (χ0) is 33.7. The van der Waals surface area contributed by atoms with Crippen molar-refractivity contribution in [3.05, 3.63) is 81.0 Å². The first-order valence-electron chi connectivity index (χ1n) is 16.6. The molecule has 3 heterocycles. The van der Waals surface area contributed by atoms with Gasteiger partial charge in [0.25, 0.3) is 5.56 Å². The van der Waals surface area contributed by atoms with Gasteiger partial charge in [-0.1, -0.05) is 50.0 Å². The minimum Gasteiger partial charge on any atom is -0.350 e. The van der Waals surface area contributed by atoms with Crippen LogP contribution in [0.15, 0.2) is 64.8 Å². The van der Waals surface area contributed by atoms with Crippen molar-refractivity contribution in [3.63, 3.8) is 0 Å². The number of nitrogens with zero attached hydrogens (tertiary/aromatic N) is 6.